The Labute approximate surface area is 145 Å². The molecule has 3 heterocycles. The molecule has 2 aromatic heterocycles. The number of aryl methyl sites for hydroxylation is 3. The Bertz CT molecular complexity index is 944. The van der Waals surface area contributed by atoms with Gasteiger partial charge in [0.25, 0.3) is 5.89 Å². The summed E-state index contributed by atoms with van der Waals surface area (Å²) in [6.07, 6.45) is 2.99. The minimum atomic E-state index is -0.272. The molecule has 3 aromatic rings. The van der Waals surface area contributed by atoms with Crippen molar-refractivity contribution in [1.29, 1.82) is 0 Å². The number of fused-ring (bicyclic) bond motifs is 1. The number of benzene rings is 1. The summed E-state index contributed by atoms with van der Waals surface area (Å²) in [6, 6.07) is 3.60. The van der Waals surface area contributed by atoms with Crippen LogP contribution in [0.15, 0.2) is 16.7 Å². The largest absolute Gasteiger partial charge is 0.356 e. The van der Waals surface area contributed by atoms with E-state index in [0.717, 1.165) is 60.2 Å². The molecule has 0 saturated carbocycles. The second kappa shape index (κ2) is 6.10. The molecule has 1 aromatic carbocycles. The number of hydrogen-bond donors (Lipinski definition) is 0. The molecule has 0 radical (unpaired) electrons. The van der Waals surface area contributed by atoms with Crippen LogP contribution in [-0.4, -0.2) is 28.2 Å². The zero-order chi connectivity index (χ0) is 17.6. The number of pyridine rings is 1. The summed E-state index contributed by atoms with van der Waals surface area (Å²) in [5.41, 5.74) is 3.13. The van der Waals surface area contributed by atoms with Gasteiger partial charge in [-0.05, 0) is 56.4 Å². The molecule has 0 N–H and O–H groups in total. The Morgan fingerprint density at radius 3 is 2.56 bits per heavy atom. The van der Waals surface area contributed by atoms with Crippen LogP contribution in [0.5, 0.6) is 0 Å². The number of hydrogen-bond acceptors (Lipinski definition) is 5. The van der Waals surface area contributed by atoms with Crippen LogP contribution >= 0.6 is 0 Å². The number of anilines is 1. The van der Waals surface area contributed by atoms with E-state index in [0.29, 0.717) is 17.2 Å². The Kier molecular flexibility index (Phi) is 3.90. The highest BCUT2D eigenvalue weighted by molar-refractivity contribution is 5.93. The maximum absolute atomic E-state index is 14.7. The monoisotopic (exact) mass is 340 g/mol. The van der Waals surface area contributed by atoms with E-state index in [2.05, 4.69) is 15.0 Å². The van der Waals surface area contributed by atoms with Crippen molar-refractivity contribution in [3.63, 3.8) is 0 Å². The molecular formula is C19H21FN4O. The third-order valence-corrected chi connectivity index (χ3v) is 4.90. The van der Waals surface area contributed by atoms with E-state index >= 15 is 0 Å². The van der Waals surface area contributed by atoms with Crippen LogP contribution in [-0.2, 0) is 6.42 Å². The van der Waals surface area contributed by atoms with Crippen LogP contribution < -0.4 is 4.90 Å². The lowest BCUT2D eigenvalue weighted by Crippen LogP contribution is -2.20. The van der Waals surface area contributed by atoms with Crippen molar-refractivity contribution in [2.75, 3.05) is 18.0 Å². The molecule has 1 aliphatic rings. The van der Waals surface area contributed by atoms with Crippen molar-refractivity contribution in [2.45, 2.75) is 40.0 Å². The van der Waals surface area contributed by atoms with Gasteiger partial charge in [-0.1, -0.05) is 12.1 Å². The smallest absolute Gasteiger partial charge is 0.261 e. The average molecular weight is 340 g/mol. The third-order valence-electron chi connectivity index (χ3n) is 4.90. The molecule has 4 rings (SSSR count). The summed E-state index contributed by atoms with van der Waals surface area (Å²) in [5, 5.41) is 4.74. The van der Waals surface area contributed by atoms with Crippen molar-refractivity contribution in [2.24, 2.45) is 0 Å². The second-order valence-corrected chi connectivity index (χ2v) is 6.60. The quantitative estimate of drug-likeness (QED) is 0.715. The molecule has 6 heteroatoms. The molecule has 130 valence electrons. The van der Waals surface area contributed by atoms with Gasteiger partial charge in [0.2, 0.25) is 0 Å². The van der Waals surface area contributed by atoms with E-state index in [1.807, 2.05) is 19.9 Å². The Morgan fingerprint density at radius 1 is 1.16 bits per heavy atom. The van der Waals surface area contributed by atoms with Crippen LogP contribution in [0.4, 0.5) is 10.2 Å². The van der Waals surface area contributed by atoms with Gasteiger partial charge in [0, 0.05) is 18.5 Å². The molecule has 1 fully saturated rings. The molecular weight excluding hydrogens is 319 g/mol. The Morgan fingerprint density at radius 2 is 1.92 bits per heavy atom. The first-order valence-electron chi connectivity index (χ1n) is 8.77. The van der Waals surface area contributed by atoms with Crippen LogP contribution in [0.1, 0.15) is 36.7 Å². The molecule has 1 saturated heterocycles. The lowest BCUT2D eigenvalue weighted by atomic mass is 10.00. The SMILES string of the molecule is CCc1cc(F)c2nc(N3CCCC3)c(-c3nc(C)no3)c(C)c2c1. The summed E-state index contributed by atoms with van der Waals surface area (Å²) < 4.78 is 20.1. The zero-order valence-corrected chi connectivity index (χ0v) is 14.8. The minimum absolute atomic E-state index is 0.272. The first-order chi connectivity index (χ1) is 12.1. The maximum Gasteiger partial charge on any atom is 0.261 e. The zero-order valence-electron chi connectivity index (χ0n) is 14.8. The van der Waals surface area contributed by atoms with Crippen LogP contribution in [0.25, 0.3) is 22.4 Å². The first kappa shape index (κ1) is 16.0. The number of halogens is 1. The summed E-state index contributed by atoms with van der Waals surface area (Å²) >= 11 is 0. The van der Waals surface area contributed by atoms with Crippen LogP contribution in [0, 0.1) is 19.7 Å². The van der Waals surface area contributed by atoms with Gasteiger partial charge in [-0.2, -0.15) is 4.98 Å². The lowest BCUT2D eigenvalue weighted by Gasteiger charge is -2.21. The second-order valence-electron chi connectivity index (χ2n) is 6.60. The van der Waals surface area contributed by atoms with E-state index in [4.69, 9.17) is 9.51 Å². The fourth-order valence-electron chi connectivity index (χ4n) is 3.54. The predicted octanol–water partition coefficient (Wildman–Crippen LogP) is 4.20. The van der Waals surface area contributed by atoms with Crippen molar-refractivity contribution >= 4 is 16.7 Å². The highest BCUT2D eigenvalue weighted by atomic mass is 19.1. The van der Waals surface area contributed by atoms with Gasteiger partial charge in [0.1, 0.15) is 17.2 Å². The van der Waals surface area contributed by atoms with E-state index in [9.17, 15) is 4.39 Å². The molecule has 0 unspecified atom stereocenters. The molecule has 25 heavy (non-hydrogen) atoms. The summed E-state index contributed by atoms with van der Waals surface area (Å²) in [7, 11) is 0. The van der Waals surface area contributed by atoms with Gasteiger partial charge < -0.3 is 9.42 Å². The van der Waals surface area contributed by atoms with Crippen molar-refractivity contribution in [1.82, 2.24) is 15.1 Å². The van der Waals surface area contributed by atoms with Crippen LogP contribution in [0.3, 0.4) is 0 Å². The van der Waals surface area contributed by atoms with Gasteiger partial charge in [0.05, 0.1) is 5.56 Å². The first-order valence-corrected chi connectivity index (χ1v) is 8.77. The maximum atomic E-state index is 14.7. The fraction of sp³-hybridized carbons (Fsp3) is 0.421. The third kappa shape index (κ3) is 2.65. The summed E-state index contributed by atoms with van der Waals surface area (Å²) in [4.78, 5) is 11.3. The summed E-state index contributed by atoms with van der Waals surface area (Å²) in [6.45, 7) is 7.61. The van der Waals surface area contributed by atoms with Gasteiger partial charge in [0.15, 0.2) is 5.82 Å². The fourth-order valence-corrected chi connectivity index (χ4v) is 3.54. The molecule has 0 atom stereocenters. The van der Waals surface area contributed by atoms with Gasteiger partial charge in [-0.3, -0.25) is 0 Å². The molecule has 1 aliphatic heterocycles. The Balaban J connectivity index is 2.04. The molecule has 0 amide bonds. The van der Waals surface area contributed by atoms with Gasteiger partial charge >= 0.3 is 0 Å². The molecule has 0 spiro atoms. The molecule has 5 nitrogen and oxygen atoms in total. The average Bonchev–Trinajstić information content (AvgIpc) is 3.26. The van der Waals surface area contributed by atoms with E-state index < -0.39 is 0 Å². The van der Waals surface area contributed by atoms with E-state index in [1.54, 1.807) is 13.0 Å². The predicted molar refractivity (Wildman–Crippen MR) is 95.3 cm³/mol. The highest BCUT2D eigenvalue weighted by Gasteiger charge is 2.25. The molecule has 0 aliphatic carbocycles. The van der Waals surface area contributed by atoms with Gasteiger partial charge in [-0.25, -0.2) is 9.37 Å². The van der Waals surface area contributed by atoms with Crippen molar-refractivity contribution in [3.05, 3.63) is 34.9 Å². The topological polar surface area (TPSA) is 55.1 Å². The number of aromatic nitrogens is 3. The highest BCUT2D eigenvalue weighted by Crippen LogP contribution is 2.38. The van der Waals surface area contributed by atoms with Crippen LogP contribution in [0.2, 0.25) is 0 Å². The van der Waals surface area contributed by atoms with Crippen molar-refractivity contribution in [3.8, 4) is 11.5 Å². The van der Waals surface area contributed by atoms with Crippen molar-refractivity contribution < 1.29 is 8.91 Å². The van der Waals surface area contributed by atoms with E-state index in [-0.39, 0.29) is 5.82 Å². The standard InChI is InChI=1S/C19H21FN4O/c1-4-13-9-14-11(2)16(19-21-12(3)23-25-19)18(24-7-5-6-8-24)22-17(14)15(20)10-13/h9-10H,4-8H2,1-3H3. The van der Waals surface area contributed by atoms with E-state index in [1.165, 1.54) is 0 Å². The lowest BCUT2D eigenvalue weighted by molar-refractivity contribution is 0.425. The normalized spacial score (nSPS) is 14.6. The Hall–Kier alpha value is -2.50. The number of nitrogens with zero attached hydrogens (tertiary/aromatic N) is 4. The minimum Gasteiger partial charge on any atom is -0.356 e. The number of rotatable bonds is 3. The van der Waals surface area contributed by atoms with Gasteiger partial charge in [-0.15, -0.1) is 0 Å². The molecule has 0 bridgehead atoms. The summed E-state index contributed by atoms with van der Waals surface area (Å²) in [5.74, 6) is 1.50.